The zero-order valence-corrected chi connectivity index (χ0v) is 17.3. The fourth-order valence-corrected chi connectivity index (χ4v) is 4.67. The highest BCUT2D eigenvalue weighted by atomic mass is 16.3. The molecule has 4 N–H and O–H groups in total. The van der Waals surface area contributed by atoms with Gasteiger partial charge in [-0.05, 0) is 30.2 Å². The quantitative estimate of drug-likeness (QED) is 0.520. The van der Waals surface area contributed by atoms with Crippen molar-refractivity contribution in [2.45, 2.75) is 17.9 Å². The van der Waals surface area contributed by atoms with Crippen molar-refractivity contribution in [1.29, 1.82) is 0 Å². The third-order valence-electron chi connectivity index (χ3n) is 5.88. The summed E-state index contributed by atoms with van der Waals surface area (Å²) in [7, 11) is 1.82. The summed E-state index contributed by atoms with van der Waals surface area (Å²) in [6, 6.07) is 12.2. The summed E-state index contributed by atoms with van der Waals surface area (Å²) in [5, 5.41) is 14.2. The lowest BCUT2D eigenvalue weighted by Crippen LogP contribution is -2.42. The number of hydrogen-bond donors (Lipinski definition) is 3. The van der Waals surface area contributed by atoms with Crippen LogP contribution in [0.3, 0.4) is 0 Å². The summed E-state index contributed by atoms with van der Waals surface area (Å²) in [4.78, 5) is 41.0. The number of nitrogens with zero attached hydrogens (tertiary/aromatic N) is 4. The zero-order chi connectivity index (χ0) is 22.9. The number of hydrogen-bond acceptors (Lipinski definition) is 6. The fourth-order valence-electron chi connectivity index (χ4n) is 4.67. The van der Waals surface area contributed by atoms with E-state index in [0.29, 0.717) is 13.0 Å². The first-order valence-electron chi connectivity index (χ1n) is 9.93. The van der Waals surface area contributed by atoms with Crippen molar-refractivity contribution in [2.24, 2.45) is 7.05 Å². The second kappa shape index (κ2) is 8.14. The number of aryl methyl sites for hydroxylation is 1. The van der Waals surface area contributed by atoms with E-state index < -0.39 is 11.5 Å². The summed E-state index contributed by atoms with van der Waals surface area (Å²) in [5.74, 6) is -0.0600. The Morgan fingerprint density at radius 1 is 1.28 bits per heavy atom. The first kappa shape index (κ1) is 21.0. The Morgan fingerprint density at radius 2 is 2.03 bits per heavy atom. The van der Waals surface area contributed by atoms with Gasteiger partial charge in [-0.1, -0.05) is 24.3 Å². The Kier molecular flexibility index (Phi) is 5.35. The number of para-hydroxylation sites is 1. The number of carbonyl (C=O) groups excluding carboxylic acids is 2. The van der Waals surface area contributed by atoms with Crippen LogP contribution >= 0.6 is 0 Å². The van der Waals surface area contributed by atoms with E-state index in [1.54, 1.807) is 34.0 Å². The molecule has 0 aliphatic carbocycles. The van der Waals surface area contributed by atoms with Gasteiger partial charge in [0.2, 0.25) is 5.91 Å². The average molecular weight is 434 g/mol. The number of fused-ring (bicyclic) bond motifs is 2. The standard InChI is InChI=1S/C21H20N6O2.CH2O2/c1-26-12-13(11-23-26)18-21(14-5-2-3-6-15(14)25-20(21)29)9-10-27(18)19(28)16-7-4-8-17(22)24-16;2-1-3/h2-8,11-12,18H,9-10H2,1H3,(H2,22,24)(H,25,29);1H,(H,2,3). The number of anilines is 2. The van der Waals surface area contributed by atoms with Crippen molar-refractivity contribution in [3.63, 3.8) is 0 Å². The minimum Gasteiger partial charge on any atom is -0.483 e. The molecule has 32 heavy (non-hydrogen) atoms. The summed E-state index contributed by atoms with van der Waals surface area (Å²) in [5.41, 5.74) is 7.71. The normalized spacial score (nSPS) is 21.0. The third kappa shape index (κ3) is 3.25. The molecule has 10 heteroatoms. The molecule has 2 aliphatic rings. The van der Waals surface area contributed by atoms with E-state index >= 15 is 0 Å². The van der Waals surface area contributed by atoms with Gasteiger partial charge in [0.25, 0.3) is 12.4 Å². The van der Waals surface area contributed by atoms with Crippen LogP contribution in [-0.2, 0) is 22.1 Å². The van der Waals surface area contributed by atoms with Crippen LogP contribution in [0.25, 0.3) is 0 Å². The highest BCUT2D eigenvalue weighted by Gasteiger charge is 2.59. The molecular formula is C22H22N6O4. The average Bonchev–Trinajstić information content (AvgIpc) is 3.45. The van der Waals surface area contributed by atoms with Gasteiger partial charge < -0.3 is 21.1 Å². The van der Waals surface area contributed by atoms with Gasteiger partial charge in [-0.15, -0.1) is 0 Å². The van der Waals surface area contributed by atoms with Gasteiger partial charge in [0, 0.05) is 31.0 Å². The van der Waals surface area contributed by atoms with Crippen LogP contribution in [0.15, 0.2) is 54.9 Å². The number of carbonyl (C=O) groups is 3. The topological polar surface area (TPSA) is 143 Å². The number of likely N-dealkylation sites (tertiary alicyclic amines) is 1. The number of pyridine rings is 1. The first-order chi connectivity index (χ1) is 15.4. The molecule has 1 spiro atoms. The molecule has 10 nitrogen and oxygen atoms in total. The summed E-state index contributed by atoms with van der Waals surface area (Å²) < 4.78 is 1.68. The van der Waals surface area contributed by atoms with E-state index in [9.17, 15) is 9.59 Å². The van der Waals surface area contributed by atoms with Crippen LogP contribution in [0.2, 0.25) is 0 Å². The first-order valence-corrected chi connectivity index (χ1v) is 9.93. The maximum absolute atomic E-state index is 13.4. The maximum atomic E-state index is 13.4. The van der Waals surface area contributed by atoms with Crippen LogP contribution in [-0.4, -0.2) is 49.6 Å². The van der Waals surface area contributed by atoms with Gasteiger partial charge in [-0.3, -0.25) is 19.1 Å². The van der Waals surface area contributed by atoms with Crippen molar-refractivity contribution in [2.75, 3.05) is 17.6 Å². The number of nitrogen functional groups attached to an aromatic ring is 1. The highest BCUT2D eigenvalue weighted by Crippen LogP contribution is 2.54. The van der Waals surface area contributed by atoms with Crippen molar-refractivity contribution >= 4 is 29.8 Å². The number of aromatic nitrogens is 3. The number of nitrogens with one attached hydrogen (secondary N) is 1. The minimum absolute atomic E-state index is 0.0941. The van der Waals surface area contributed by atoms with E-state index in [1.165, 1.54) is 0 Å². The predicted molar refractivity (Wildman–Crippen MR) is 116 cm³/mol. The SMILES string of the molecule is Cn1cc(C2N(C(=O)c3cccc(N)n3)CCC23C(=O)Nc2ccccc23)cn1.O=CO. The summed E-state index contributed by atoms with van der Waals surface area (Å²) in [6.45, 7) is 0.177. The molecule has 0 saturated carbocycles. The lowest BCUT2D eigenvalue weighted by atomic mass is 9.73. The number of nitrogens with two attached hydrogens (primary N) is 1. The van der Waals surface area contributed by atoms with E-state index in [-0.39, 0.29) is 29.8 Å². The second-order valence-corrected chi connectivity index (χ2v) is 7.62. The van der Waals surface area contributed by atoms with Gasteiger partial charge in [0.15, 0.2) is 0 Å². The maximum Gasteiger partial charge on any atom is 0.290 e. The molecule has 2 amide bonds. The minimum atomic E-state index is -0.865. The monoisotopic (exact) mass is 434 g/mol. The highest BCUT2D eigenvalue weighted by molar-refractivity contribution is 6.08. The molecule has 1 fully saturated rings. The van der Waals surface area contributed by atoms with E-state index in [0.717, 1.165) is 16.8 Å². The Labute approximate surface area is 183 Å². The lowest BCUT2D eigenvalue weighted by molar-refractivity contribution is -0.123. The number of carboxylic acid groups (broad SMARTS) is 1. The summed E-state index contributed by atoms with van der Waals surface area (Å²) in [6.07, 6.45) is 4.10. The molecule has 0 radical (unpaired) electrons. The molecule has 2 unspecified atom stereocenters. The van der Waals surface area contributed by atoms with Crippen molar-refractivity contribution < 1.29 is 19.5 Å². The molecular weight excluding hydrogens is 412 g/mol. The molecule has 164 valence electrons. The summed E-state index contributed by atoms with van der Waals surface area (Å²) >= 11 is 0. The molecule has 3 aromatic rings. The van der Waals surface area contributed by atoms with E-state index in [4.69, 9.17) is 15.6 Å². The molecule has 2 aliphatic heterocycles. The van der Waals surface area contributed by atoms with Crippen LogP contribution in [0.5, 0.6) is 0 Å². The molecule has 5 rings (SSSR count). The Hall–Kier alpha value is -4.21. The Bertz CT molecular complexity index is 1190. The van der Waals surface area contributed by atoms with Crippen molar-refractivity contribution in [1.82, 2.24) is 19.7 Å². The fraction of sp³-hybridized carbons (Fsp3) is 0.227. The molecule has 1 aromatic carbocycles. The van der Waals surface area contributed by atoms with Gasteiger partial charge in [-0.2, -0.15) is 5.10 Å². The zero-order valence-electron chi connectivity index (χ0n) is 17.3. The number of benzene rings is 1. The Morgan fingerprint density at radius 3 is 2.72 bits per heavy atom. The van der Waals surface area contributed by atoms with Crippen molar-refractivity contribution in [3.8, 4) is 0 Å². The predicted octanol–water partition coefficient (Wildman–Crippen LogP) is 1.58. The van der Waals surface area contributed by atoms with Gasteiger partial charge in [0.1, 0.15) is 16.9 Å². The third-order valence-corrected chi connectivity index (χ3v) is 5.88. The molecule has 0 bridgehead atoms. The van der Waals surface area contributed by atoms with Crippen LogP contribution < -0.4 is 11.1 Å². The number of rotatable bonds is 2. The number of amides is 2. The van der Waals surface area contributed by atoms with Gasteiger partial charge >= 0.3 is 0 Å². The smallest absolute Gasteiger partial charge is 0.290 e. The van der Waals surface area contributed by atoms with Crippen LogP contribution in [0.1, 0.15) is 34.1 Å². The van der Waals surface area contributed by atoms with Crippen molar-refractivity contribution in [3.05, 3.63) is 71.7 Å². The Balaban J connectivity index is 0.000000775. The largest absolute Gasteiger partial charge is 0.483 e. The van der Waals surface area contributed by atoms with E-state index in [1.807, 2.05) is 37.5 Å². The second-order valence-electron chi connectivity index (χ2n) is 7.62. The van der Waals surface area contributed by atoms with Gasteiger partial charge in [0.05, 0.1) is 12.2 Å². The van der Waals surface area contributed by atoms with Crippen LogP contribution in [0, 0.1) is 0 Å². The lowest BCUT2D eigenvalue weighted by Gasteiger charge is -2.33. The molecule has 2 aromatic heterocycles. The van der Waals surface area contributed by atoms with Crippen LogP contribution in [0.4, 0.5) is 11.5 Å². The molecule has 1 saturated heterocycles. The van der Waals surface area contributed by atoms with E-state index in [2.05, 4.69) is 15.4 Å². The van der Waals surface area contributed by atoms with Gasteiger partial charge in [-0.25, -0.2) is 4.98 Å². The molecule has 2 atom stereocenters. The molecule has 4 heterocycles.